The first-order valence-electron chi connectivity index (χ1n) is 8.99. The quantitative estimate of drug-likeness (QED) is 0.639. The Morgan fingerprint density at radius 1 is 1.00 bits per heavy atom. The van der Waals surface area contributed by atoms with Crippen LogP contribution in [0.25, 0.3) is 0 Å². The Bertz CT molecular complexity index is 417. The number of esters is 2. The highest BCUT2D eigenvalue weighted by Gasteiger charge is 2.47. The molecule has 4 heteroatoms. The van der Waals surface area contributed by atoms with Crippen LogP contribution in [0.4, 0.5) is 0 Å². The second kappa shape index (κ2) is 7.67. The first-order chi connectivity index (χ1) is 10.6. The van der Waals surface area contributed by atoms with Gasteiger partial charge in [-0.3, -0.25) is 4.79 Å². The molecule has 0 radical (unpaired) electrons. The van der Waals surface area contributed by atoms with Crippen LogP contribution in [0.15, 0.2) is 0 Å². The summed E-state index contributed by atoms with van der Waals surface area (Å²) in [6, 6.07) is 0. The van der Waals surface area contributed by atoms with Crippen LogP contribution in [-0.2, 0) is 19.1 Å². The second-order valence-corrected chi connectivity index (χ2v) is 7.99. The highest BCUT2D eigenvalue weighted by atomic mass is 16.6. The van der Waals surface area contributed by atoms with Crippen LogP contribution in [0.5, 0.6) is 0 Å². The maximum absolute atomic E-state index is 12.2. The monoisotopic (exact) mass is 326 g/mol. The summed E-state index contributed by atoms with van der Waals surface area (Å²) in [6.07, 6.45) is 7.48. The van der Waals surface area contributed by atoms with Crippen LogP contribution in [0, 0.1) is 10.8 Å². The van der Waals surface area contributed by atoms with E-state index in [2.05, 4.69) is 6.92 Å². The van der Waals surface area contributed by atoms with E-state index in [1.54, 1.807) is 0 Å². The fourth-order valence-electron chi connectivity index (χ4n) is 3.50. The minimum atomic E-state index is -0.566. The van der Waals surface area contributed by atoms with Crippen LogP contribution < -0.4 is 0 Å². The predicted octanol–water partition coefficient (Wildman–Crippen LogP) is 4.65. The van der Waals surface area contributed by atoms with Gasteiger partial charge in [-0.25, -0.2) is 4.79 Å². The highest BCUT2D eigenvalue weighted by molar-refractivity contribution is 5.79. The van der Waals surface area contributed by atoms with E-state index >= 15 is 0 Å². The molecule has 134 valence electrons. The van der Waals surface area contributed by atoms with E-state index in [9.17, 15) is 9.59 Å². The van der Waals surface area contributed by atoms with Crippen LogP contribution >= 0.6 is 0 Å². The number of hydrogen-bond donors (Lipinski definition) is 0. The van der Waals surface area contributed by atoms with Crippen LogP contribution in [0.2, 0.25) is 0 Å². The normalized spacial score (nSPS) is 18.3. The molecule has 1 rings (SSSR count). The Balaban J connectivity index is 2.63. The summed E-state index contributed by atoms with van der Waals surface area (Å²) < 4.78 is 10.9. The molecule has 0 spiro atoms. The second-order valence-electron chi connectivity index (χ2n) is 7.99. The largest absolute Gasteiger partial charge is 0.457 e. The lowest BCUT2D eigenvalue weighted by atomic mass is 9.63. The van der Waals surface area contributed by atoms with Gasteiger partial charge in [-0.1, -0.05) is 33.1 Å². The number of ether oxygens (including phenoxy) is 2. The molecule has 23 heavy (non-hydrogen) atoms. The highest BCUT2D eigenvalue weighted by Crippen LogP contribution is 2.49. The standard InChI is InChI=1S/C19H34O4/c1-7-17(3,4)16(21)22-14-15(20)23-18(5,6)19(8-2)12-10-9-11-13-19/h7-14H2,1-6H3. The molecule has 0 atom stereocenters. The molecule has 0 aromatic rings. The van der Waals surface area contributed by atoms with E-state index in [4.69, 9.17) is 9.47 Å². The van der Waals surface area contributed by atoms with Gasteiger partial charge in [-0.15, -0.1) is 0 Å². The van der Waals surface area contributed by atoms with Crippen molar-refractivity contribution in [2.24, 2.45) is 10.8 Å². The third-order valence-electron chi connectivity index (χ3n) is 5.89. The van der Waals surface area contributed by atoms with Crippen molar-refractivity contribution in [3.05, 3.63) is 0 Å². The van der Waals surface area contributed by atoms with Gasteiger partial charge in [0.25, 0.3) is 0 Å². The zero-order chi connectivity index (χ0) is 17.7. The Morgan fingerprint density at radius 3 is 2.04 bits per heavy atom. The van der Waals surface area contributed by atoms with E-state index in [1.807, 2.05) is 34.6 Å². The first-order valence-corrected chi connectivity index (χ1v) is 8.99. The minimum absolute atomic E-state index is 0.0353. The van der Waals surface area contributed by atoms with Gasteiger partial charge in [0, 0.05) is 5.41 Å². The molecule has 1 aliphatic rings. The van der Waals surface area contributed by atoms with Gasteiger partial charge in [0.05, 0.1) is 5.41 Å². The van der Waals surface area contributed by atoms with Crippen molar-refractivity contribution in [3.8, 4) is 0 Å². The van der Waals surface area contributed by atoms with Gasteiger partial charge in [-0.2, -0.15) is 0 Å². The molecular formula is C19H34O4. The Hall–Kier alpha value is -1.06. The molecule has 1 aliphatic carbocycles. The van der Waals surface area contributed by atoms with E-state index in [1.165, 1.54) is 19.3 Å². The Labute approximate surface area is 141 Å². The molecular weight excluding hydrogens is 292 g/mol. The smallest absolute Gasteiger partial charge is 0.344 e. The van der Waals surface area contributed by atoms with Gasteiger partial charge in [-0.05, 0) is 53.4 Å². The van der Waals surface area contributed by atoms with Gasteiger partial charge >= 0.3 is 11.9 Å². The molecule has 0 saturated heterocycles. The van der Waals surface area contributed by atoms with Gasteiger partial charge in [0.2, 0.25) is 0 Å². The maximum Gasteiger partial charge on any atom is 0.344 e. The van der Waals surface area contributed by atoms with Gasteiger partial charge in [0.15, 0.2) is 6.61 Å². The molecule has 0 amide bonds. The van der Waals surface area contributed by atoms with E-state index in [0.717, 1.165) is 19.3 Å². The summed E-state index contributed by atoms with van der Waals surface area (Å²) in [7, 11) is 0. The van der Waals surface area contributed by atoms with Crippen molar-refractivity contribution in [2.45, 2.75) is 92.1 Å². The molecule has 4 nitrogen and oxygen atoms in total. The maximum atomic E-state index is 12.2. The lowest BCUT2D eigenvalue weighted by Gasteiger charge is -2.48. The number of carbonyl (C=O) groups excluding carboxylic acids is 2. The summed E-state index contributed by atoms with van der Waals surface area (Å²) >= 11 is 0. The summed E-state index contributed by atoms with van der Waals surface area (Å²) in [5.41, 5.74) is -1.07. The van der Waals surface area contributed by atoms with E-state index in [-0.39, 0.29) is 18.0 Å². The fraction of sp³-hybridized carbons (Fsp3) is 0.895. The lowest BCUT2D eigenvalue weighted by Crippen LogP contribution is -2.48. The van der Waals surface area contributed by atoms with Crippen LogP contribution in [0.3, 0.4) is 0 Å². The van der Waals surface area contributed by atoms with Crippen molar-refractivity contribution >= 4 is 11.9 Å². The topological polar surface area (TPSA) is 52.6 Å². The van der Waals surface area contributed by atoms with Gasteiger partial charge in [0.1, 0.15) is 5.60 Å². The predicted molar refractivity (Wildman–Crippen MR) is 91.0 cm³/mol. The van der Waals surface area contributed by atoms with Crippen molar-refractivity contribution in [3.63, 3.8) is 0 Å². The molecule has 0 aromatic carbocycles. The number of hydrogen-bond acceptors (Lipinski definition) is 4. The molecule has 0 aromatic heterocycles. The van der Waals surface area contributed by atoms with Crippen LogP contribution in [-0.4, -0.2) is 24.1 Å². The third kappa shape index (κ3) is 4.71. The summed E-state index contributed by atoms with van der Waals surface area (Å²) in [5.74, 6) is -0.800. The minimum Gasteiger partial charge on any atom is -0.457 e. The summed E-state index contributed by atoms with van der Waals surface area (Å²) in [4.78, 5) is 24.1. The van der Waals surface area contributed by atoms with Crippen molar-refractivity contribution in [1.82, 2.24) is 0 Å². The molecule has 0 bridgehead atoms. The van der Waals surface area contributed by atoms with E-state index < -0.39 is 17.0 Å². The molecule has 1 saturated carbocycles. The molecule has 0 heterocycles. The number of rotatable bonds is 7. The number of carbonyl (C=O) groups is 2. The summed E-state index contributed by atoms with van der Waals surface area (Å²) in [6.45, 7) is 11.4. The van der Waals surface area contributed by atoms with E-state index in [0.29, 0.717) is 6.42 Å². The van der Waals surface area contributed by atoms with Gasteiger partial charge < -0.3 is 9.47 Å². The zero-order valence-electron chi connectivity index (χ0n) is 15.8. The van der Waals surface area contributed by atoms with Crippen LogP contribution in [0.1, 0.15) is 86.5 Å². The molecule has 1 fully saturated rings. The van der Waals surface area contributed by atoms with Crippen molar-refractivity contribution in [2.75, 3.05) is 6.61 Å². The third-order valence-corrected chi connectivity index (χ3v) is 5.89. The van der Waals surface area contributed by atoms with Crippen molar-refractivity contribution < 1.29 is 19.1 Å². The molecule has 0 N–H and O–H groups in total. The average molecular weight is 326 g/mol. The SMILES string of the molecule is CCC(C)(C)C(=O)OCC(=O)OC(C)(C)C1(CC)CCCCC1. The Morgan fingerprint density at radius 2 is 1.57 bits per heavy atom. The summed E-state index contributed by atoms with van der Waals surface area (Å²) in [5, 5.41) is 0. The average Bonchev–Trinajstić information content (AvgIpc) is 2.52. The van der Waals surface area contributed by atoms with Crippen molar-refractivity contribution in [1.29, 1.82) is 0 Å². The lowest BCUT2D eigenvalue weighted by molar-refractivity contribution is -0.184. The Kier molecular flexibility index (Phi) is 6.67. The fourth-order valence-corrected chi connectivity index (χ4v) is 3.50. The zero-order valence-corrected chi connectivity index (χ0v) is 15.8. The molecule has 0 aliphatic heterocycles. The first kappa shape index (κ1) is 20.0. The molecule has 0 unspecified atom stereocenters.